The van der Waals surface area contributed by atoms with Gasteiger partial charge in [0.05, 0.1) is 0 Å². The summed E-state index contributed by atoms with van der Waals surface area (Å²) >= 11 is 0. The van der Waals surface area contributed by atoms with Crippen molar-refractivity contribution >= 4 is 5.97 Å². The first-order chi connectivity index (χ1) is 8.58. The average molecular weight is 254 g/mol. The lowest BCUT2D eigenvalue weighted by Crippen LogP contribution is -2.51. The van der Waals surface area contributed by atoms with Gasteiger partial charge in [0.2, 0.25) is 0 Å². The molecule has 104 valence electrons. The van der Waals surface area contributed by atoms with E-state index >= 15 is 0 Å². The normalized spacial score (nSPS) is 32.1. The van der Waals surface area contributed by atoms with E-state index in [1.165, 1.54) is 19.3 Å². The minimum absolute atomic E-state index is 0.160. The van der Waals surface area contributed by atoms with Gasteiger partial charge in [-0.15, -0.1) is 0 Å². The number of aliphatic carboxylic acids is 1. The summed E-state index contributed by atoms with van der Waals surface area (Å²) in [5.74, 6) is -0.647. The maximum absolute atomic E-state index is 11.3. The van der Waals surface area contributed by atoms with Crippen LogP contribution >= 0.6 is 0 Å². The monoisotopic (exact) mass is 254 g/mol. The molecule has 2 atom stereocenters. The van der Waals surface area contributed by atoms with E-state index in [0.717, 1.165) is 38.4 Å². The second-order valence-electron chi connectivity index (χ2n) is 5.99. The third-order valence-electron chi connectivity index (χ3n) is 4.61. The molecule has 0 radical (unpaired) electrons. The molecule has 4 nitrogen and oxygen atoms in total. The van der Waals surface area contributed by atoms with Gasteiger partial charge < -0.3 is 15.7 Å². The number of hydrogen-bond acceptors (Lipinski definition) is 3. The van der Waals surface area contributed by atoms with Crippen molar-refractivity contribution in [2.75, 3.05) is 13.1 Å². The Morgan fingerprint density at radius 2 is 2.11 bits per heavy atom. The van der Waals surface area contributed by atoms with E-state index in [0.29, 0.717) is 6.42 Å². The van der Waals surface area contributed by atoms with Gasteiger partial charge in [-0.1, -0.05) is 13.3 Å². The van der Waals surface area contributed by atoms with Crippen LogP contribution in [0.3, 0.4) is 0 Å². The van der Waals surface area contributed by atoms with E-state index < -0.39 is 11.5 Å². The van der Waals surface area contributed by atoms with Crippen molar-refractivity contribution in [3.8, 4) is 0 Å². The molecule has 0 saturated heterocycles. The quantitative estimate of drug-likeness (QED) is 0.727. The summed E-state index contributed by atoms with van der Waals surface area (Å²) in [4.78, 5) is 13.8. The Balaban J connectivity index is 1.86. The topological polar surface area (TPSA) is 66.6 Å². The van der Waals surface area contributed by atoms with Crippen molar-refractivity contribution in [1.82, 2.24) is 4.90 Å². The van der Waals surface area contributed by atoms with E-state index in [-0.39, 0.29) is 5.92 Å². The van der Waals surface area contributed by atoms with Crippen LogP contribution in [0.2, 0.25) is 0 Å². The molecule has 2 aliphatic carbocycles. The van der Waals surface area contributed by atoms with E-state index in [4.69, 9.17) is 5.73 Å². The standard InChI is InChI=1S/C14H26N2O2/c1-2-9-16(12-5-6-12)10-7-11-4-3-8-14(11,15)13(17)18/h11-12H,2-10,15H2,1H3,(H,17,18). The zero-order valence-corrected chi connectivity index (χ0v) is 11.4. The summed E-state index contributed by atoms with van der Waals surface area (Å²) in [6.45, 7) is 4.37. The summed E-state index contributed by atoms with van der Waals surface area (Å²) in [6.07, 6.45) is 7.34. The molecule has 2 rings (SSSR count). The van der Waals surface area contributed by atoms with E-state index in [9.17, 15) is 9.90 Å². The van der Waals surface area contributed by atoms with Gasteiger partial charge >= 0.3 is 5.97 Å². The first kappa shape index (κ1) is 13.8. The summed E-state index contributed by atoms with van der Waals surface area (Å²) in [6, 6.07) is 0.767. The highest BCUT2D eigenvalue weighted by molar-refractivity contribution is 5.79. The van der Waals surface area contributed by atoms with Crippen LogP contribution in [0.25, 0.3) is 0 Å². The molecule has 18 heavy (non-hydrogen) atoms. The van der Waals surface area contributed by atoms with Crippen LogP contribution in [0.1, 0.15) is 51.9 Å². The van der Waals surface area contributed by atoms with Crippen molar-refractivity contribution in [2.45, 2.75) is 63.5 Å². The highest BCUT2D eigenvalue weighted by Gasteiger charge is 2.45. The van der Waals surface area contributed by atoms with Crippen LogP contribution in [0, 0.1) is 5.92 Å². The fraction of sp³-hybridized carbons (Fsp3) is 0.929. The van der Waals surface area contributed by atoms with Gasteiger partial charge in [0, 0.05) is 6.04 Å². The third kappa shape index (κ3) is 2.86. The van der Waals surface area contributed by atoms with Gasteiger partial charge in [0.1, 0.15) is 5.54 Å². The SMILES string of the molecule is CCCN(CCC1CCCC1(N)C(=O)O)C1CC1. The smallest absolute Gasteiger partial charge is 0.323 e. The third-order valence-corrected chi connectivity index (χ3v) is 4.61. The van der Waals surface area contributed by atoms with E-state index in [1.54, 1.807) is 0 Å². The number of carboxylic acids is 1. The lowest BCUT2D eigenvalue weighted by molar-refractivity contribution is -0.144. The molecule has 2 aliphatic rings. The van der Waals surface area contributed by atoms with Gasteiger partial charge in [0.25, 0.3) is 0 Å². The van der Waals surface area contributed by atoms with E-state index in [2.05, 4.69) is 11.8 Å². The molecule has 3 N–H and O–H groups in total. The van der Waals surface area contributed by atoms with Gasteiger partial charge in [-0.25, -0.2) is 0 Å². The molecular formula is C14H26N2O2. The fourth-order valence-corrected chi connectivity index (χ4v) is 3.31. The second-order valence-corrected chi connectivity index (χ2v) is 5.99. The Morgan fingerprint density at radius 1 is 1.39 bits per heavy atom. The summed E-state index contributed by atoms with van der Waals surface area (Å²) < 4.78 is 0. The van der Waals surface area contributed by atoms with Crippen LogP contribution in [0.4, 0.5) is 0 Å². The molecule has 0 aromatic heterocycles. The van der Waals surface area contributed by atoms with Crippen LogP contribution in [0.15, 0.2) is 0 Å². The molecule has 2 unspecified atom stereocenters. The second kappa shape index (κ2) is 5.57. The highest BCUT2D eigenvalue weighted by atomic mass is 16.4. The van der Waals surface area contributed by atoms with Crippen LogP contribution in [-0.4, -0.2) is 40.6 Å². The molecule has 2 fully saturated rings. The Hall–Kier alpha value is -0.610. The molecule has 0 bridgehead atoms. The first-order valence-corrected chi connectivity index (χ1v) is 7.34. The average Bonchev–Trinajstić information content (AvgIpc) is 3.09. The maximum atomic E-state index is 11.3. The predicted octanol–water partition coefficient (Wildman–Crippen LogP) is 1.83. The van der Waals surface area contributed by atoms with Crippen LogP contribution in [-0.2, 0) is 4.79 Å². The Morgan fingerprint density at radius 3 is 2.67 bits per heavy atom. The molecule has 0 aromatic carbocycles. The molecule has 4 heteroatoms. The number of nitrogens with zero attached hydrogens (tertiary/aromatic N) is 1. The fourth-order valence-electron chi connectivity index (χ4n) is 3.31. The Labute approximate surface area is 110 Å². The minimum Gasteiger partial charge on any atom is -0.480 e. The Kier molecular flexibility index (Phi) is 4.28. The number of carbonyl (C=O) groups is 1. The van der Waals surface area contributed by atoms with Crippen molar-refractivity contribution in [2.24, 2.45) is 11.7 Å². The predicted molar refractivity (Wildman–Crippen MR) is 71.4 cm³/mol. The van der Waals surface area contributed by atoms with Gasteiger partial charge in [-0.05, 0) is 57.5 Å². The summed E-state index contributed by atoms with van der Waals surface area (Å²) in [5.41, 5.74) is 5.12. The zero-order valence-electron chi connectivity index (χ0n) is 11.4. The maximum Gasteiger partial charge on any atom is 0.323 e. The number of rotatable bonds is 7. The number of nitrogens with two attached hydrogens (primary N) is 1. The molecule has 0 aliphatic heterocycles. The number of carboxylic acid groups (broad SMARTS) is 1. The summed E-state index contributed by atoms with van der Waals surface area (Å²) in [5, 5.41) is 9.29. The molecule has 0 aromatic rings. The lowest BCUT2D eigenvalue weighted by atomic mass is 9.85. The van der Waals surface area contributed by atoms with Crippen LogP contribution < -0.4 is 5.73 Å². The number of hydrogen-bond donors (Lipinski definition) is 2. The molecule has 0 amide bonds. The molecular weight excluding hydrogens is 228 g/mol. The van der Waals surface area contributed by atoms with Crippen LogP contribution in [0.5, 0.6) is 0 Å². The highest BCUT2D eigenvalue weighted by Crippen LogP contribution is 2.37. The Bertz CT molecular complexity index is 304. The molecule has 2 saturated carbocycles. The van der Waals surface area contributed by atoms with Crippen molar-refractivity contribution in [1.29, 1.82) is 0 Å². The van der Waals surface area contributed by atoms with E-state index in [1.807, 2.05) is 0 Å². The summed E-state index contributed by atoms with van der Waals surface area (Å²) in [7, 11) is 0. The minimum atomic E-state index is -0.957. The molecule has 0 spiro atoms. The van der Waals surface area contributed by atoms with Gasteiger partial charge in [-0.2, -0.15) is 0 Å². The lowest BCUT2D eigenvalue weighted by Gasteiger charge is -2.29. The largest absolute Gasteiger partial charge is 0.480 e. The zero-order chi connectivity index (χ0) is 13.2. The van der Waals surface area contributed by atoms with Crippen molar-refractivity contribution in [3.63, 3.8) is 0 Å². The van der Waals surface area contributed by atoms with Crippen molar-refractivity contribution < 1.29 is 9.90 Å². The van der Waals surface area contributed by atoms with Crippen molar-refractivity contribution in [3.05, 3.63) is 0 Å². The molecule has 0 heterocycles. The first-order valence-electron chi connectivity index (χ1n) is 7.34. The van der Waals surface area contributed by atoms with Gasteiger partial charge in [0.15, 0.2) is 0 Å². The van der Waals surface area contributed by atoms with Gasteiger partial charge in [-0.3, -0.25) is 4.79 Å².